The number of ether oxygens (including phenoxy) is 1. The van der Waals surface area contributed by atoms with Crippen LogP contribution in [0.5, 0.6) is 5.75 Å². The van der Waals surface area contributed by atoms with Gasteiger partial charge in [0.05, 0.1) is 24.8 Å². The highest BCUT2D eigenvalue weighted by Crippen LogP contribution is 2.20. The van der Waals surface area contributed by atoms with E-state index < -0.39 is 12.1 Å². The van der Waals surface area contributed by atoms with Crippen LogP contribution in [0.15, 0.2) is 36.5 Å². The molecule has 0 spiro atoms. The van der Waals surface area contributed by atoms with E-state index in [1.807, 2.05) is 6.07 Å². The molecule has 2 atom stereocenters. The highest BCUT2D eigenvalue weighted by Gasteiger charge is 2.19. The first-order valence-corrected chi connectivity index (χ1v) is 6.76. The fraction of sp³-hybridized carbons (Fsp3) is 0.250. The predicted octanol–water partition coefficient (Wildman–Crippen LogP) is 1.75. The van der Waals surface area contributed by atoms with E-state index in [0.29, 0.717) is 22.6 Å². The Balaban J connectivity index is 2.02. The van der Waals surface area contributed by atoms with Crippen molar-refractivity contribution in [1.29, 1.82) is 5.26 Å². The molecule has 114 valence electrons. The zero-order valence-electron chi connectivity index (χ0n) is 12.3. The molecule has 0 fully saturated rings. The number of aliphatic hydroxyl groups is 1. The fourth-order valence-electron chi connectivity index (χ4n) is 2.05. The van der Waals surface area contributed by atoms with Gasteiger partial charge in [-0.25, -0.2) is 0 Å². The van der Waals surface area contributed by atoms with Crippen molar-refractivity contribution in [3.8, 4) is 11.8 Å². The number of aromatic amines is 1. The van der Waals surface area contributed by atoms with E-state index in [-0.39, 0.29) is 5.91 Å². The largest absolute Gasteiger partial charge is 0.497 e. The molecule has 2 aromatic rings. The fourth-order valence-corrected chi connectivity index (χ4v) is 2.05. The number of aliphatic hydroxyl groups excluding tert-OH is 1. The molecular formula is C16H17N3O3. The summed E-state index contributed by atoms with van der Waals surface area (Å²) < 4.78 is 5.06. The third-order valence-corrected chi connectivity index (χ3v) is 3.36. The summed E-state index contributed by atoms with van der Waals surface area (Å²) >= 11 is 0. The van der Waals surface area contributed by atoms with Crippen LogP contribution in [0.1, 0.15) is 34.6 Å². The van der Waals surface area contributed by atoms with Crippen LogP contribution in [0.4, 0.5) is 0 Å². The van der Waals surface area contributed by atoms with E-state index >= 15 is 0 Å². The van der Waals surface area contributed by atoms with Gasteiger partial charge in [0.1, 0.15) is 17.5 Å². The Morgan fingerprint density at radius 3 is 2.64 bits per heavy atom. The Morgan fingerprint density at radius 1 is 1.41 bits per heavy atom. The predicted molar refractivity (Wildman–Crippen MR) is 80.4 cm³/mol. The Morgan fingerprint density at radius 2 is 2.09 bits per heavy atom. The average Bonchev–Trinajstić information content (AvgIpc) is 3.03. The van der Waals surface area contributed by atoms with Crippen LogP contribution in [0.25, 0.3) is 0 Å². The summed E-state index contributed by atoms with van der Waals surface area (Å²) in [7, 11) is 1.57. The lowest BCUT2D eigenvalue weighted by Gasteiger charge is -2.20. The molecule has 0 aliphatic rings. The Hall–Kier alpha value is -2.78. The van der Waals surface area contributed by atoms with Gasteiger partial charge in [-0.05, 0) is 30.7 Å². The molecule has 0 saturated heterocycles. The monoisotopic (exact) mass is 299 g/mol. The molecule has 2 rings (SSSR count). The molecule has 1 amide bonds. The molecule has 3 N–H and O–H groups in total. The molecule has 0 bridgehead atoms. The van der Waals surface area contributed by atoms with Crippen LogP contribution >= 0.6 is 0 Å². The summed E-state index contributed by atoms with van der Waals surface area (Å²) in [6.45, 7) is 1.71. The molecule has 1 aromatic heterocycles. The molecule has 6 heteroatoms. The lowest BCUT2D eigenvalue weighted by atomic mass is 10.0. The first kappa shape index (κ1) is 15.6. The Labute approximate surface area is 128 Å². The van der Waals surface area contributed by atoms with Crippen molar-refractivity contribution in [1.82, 2.24) is 10.3 Å². The number of carbonyl (C=O) groups excluding carboxylic acids is 1. The van der Waals surface area contributed by atoms with E-state index in [9.17, 15) is 9.90 Å². The molecular weight excluding hydrogens is 282 g/mol. The number of nitrogens with zero attached hydrogens (tertiary/aromatic N) is 1. The first-order chi connectivity index (χ1) is 10.5. The number of methoxy groups -OCH3 is 1. The number of carbonyl (C=O) groups is 1. The second-order valence-electron chi connectivity index (χ2n) is 4.89. The van der Waals surface area contributed by atoms with Gasteiger partial charge in [-0.1, -0.05) is 12.1 Å². The van der Waals surface area contributed by atoms with Gasteiger partial charge >= 0.3 is 0 Å². The topological polar surface area (TPSA) is 98.1 Å². The number of H-pyrrole nitrogens is 1. The van der Waals surface area contributed by atoms with E-state index in [1.165, 1.54) is 12.3 Å². The van der Waals surface area contributed by atoms with Gasteiger partial charge in [-0.2, -0.15) is 5.26 Å². The minimum atomic E-state index is -0.843. The van der Waals surface area contributed by atoms with Crippen molar-refractivity contribution in [2.24, 2.45) is 0 Å². The highest BCUT2D eigenvalue weighted by atomic mass is 16.5. The van der Waals surface area contributed by atoms with Gasteiger partial charge < -0.3 is 20.1 Å². The van der Waals surface area contributed by atoms with Gasteiger partial charge in [0.2, 0.25) is 0 Å². The standard InChI is InChI=1S/C16H17N3O3/c1-10(15(20)11-3-5-14(22-2)6-4-11)19-16(21)12-7-13(8-17)18-9-12/h3-7,9-10,15,18,20H,1-2H3,(H,19,21). The van der Waals surface area contributed by atoms with E-state index in [0.717, 1.165) is 0 Å². The van der Waals surface area contributed by atoms with E-state index in [1.54, 1.807) is 38.3 Å². The van der Waals surface area contributed by atoms with Crippen LogP contribution in [-0.2, 0) is 0 Å². The Bertz CT molecular complexity index is 685. The first-order valence-electron chi connectivity index (χ1n) is 6.76. The van der Waals surface area contributed by atoms with Crippen molar-refractivity contribution in [3.05, 3.63) is 53.3 Å². The van der Waals surface area contributed by atoms with E-state index in [2.05, 4.69) is 10.3 Å². The number of amides is 1. The number of nitrogens with one attached hydrogen (secondary N) is 2. The average molecular weight is 299 g/mol. The van der Waals surface area contributed by atoms with Crippen molar-refractivity contribution >= 4 is 5.91 Å². The highest BCUT2D eigenvalue weighted by molar-refractivity contribution is 5.94. The van der Waals surface area contributed by atoms with Crippen molar-refractivity contribution in [3.63, 3.8) is 0 Å². The third kappa shape index (κ3) is 3.45. The second kappa shape index (κ2) is 6.78. The van der Waals surface area contributed by atoms with Crippen LogP contribution in [-0.4, -0.2) is 29.1 Å². The smallest absolute Gasteiger partial charge is 0.253 e. The molecule has 0 aliphatic carbocycles. The summed E-state index contributed by atoms with van der Waals surface area (Å²) in [4.78, 5) is 14.7. The summed E-state index contributed by atoms with van der Waals surface area (Å²) in [6, 6.07) is 9.88. The van der Waals surface area contributed by atoms with Crippen molar-refractivity contribution in [2.75, 3.05) is 7.11 Å². The Kier molecular flexibility index (Phi) is 4.81. The molecule has 0 saturated carbocycles. The van der Waals surface area contributed by atoms with Gasteiger partial charge in [0.15, 0.2) is 0 Å². The minimum Gasteiger partial charge on any atom is -0.497 e. The normalized spacial score (nSPS) is 13.0. The maximum absolute atomic E-state index is 12.0. The zero-order chi connectivity index (χ0) is 16.1. The maximum atomic E-state index is 12.0. The molecule has 1 aromatic carbocycles. The number of benzene rings is 1. The molecule has 0 radical (unpaired) electrons. The lowest BCUT2D eigenvalue weighted by molar-refractivity contribution is 0.0852. The molecule has 1 heterocycles. The van der Waals surface area contributed by atoms with Gasteiger partial charge in [-0.3, -0.25) is 4.79 Å². The number of hydrogen-bond donors (Lipinski definition) is 3. The van der Waals surface area contributed by atoms with E-state index in [4.69, 9.17) is 10.00 Å². The molecule has 2 unspecified atom stereocenters. The zero-order valence-corrected chi connectivity index (χ0v) is 12.3. The van der Waals surface area contributed by atoms with Crippen molar-refractivity contribution < 1.29 is 14.6 Å². The van der Waals surface area contributed by atoms with Gasteiger partial charge in [0, 0.05) is 6.20 Å². The molecule has 22 heavy (non-hydrogen) atoms. The van der Waals surface area contributed by atoms with Gasteiger partial charge in [0.25, 0.3) is 5.91 Å². The molecule has 0 aliphatic heterocycles. The third-order valence-electron chi connectivity index (χ3n) is 3.36. The number of rotatable bonds is 5. The minimum absolute atomic E-state index is 0.313. The summed E-state index contributed by atoms with van der Waals surface area (Å²) in [6.07, 6.45) is 0.615. The second-order valence-corrected chi connectivity index (χ2v) is 4.89. The lowest BCUT2D eigenvalue weighted by Crippen LogP contribution is -2.36. The van der Waals surface area contributed by atoms with Crippen LogP contribution < -0.4 is 10.1 Å². The number of hydrogen-bond acceptors (Lipinski definition) is 4. The van der Waals surface area contributed by atoms with Crippen LogP contribution in [0.2, 0.25) is 0 Å². The van der Waals surface area contributed by atoms with Crippen LogP contribution in [0, 0.1) is 11.3 Å². The summed E-state index contributed by atoms with van der Waals surface area (Å²) in [5.41, 5.74) is 1.35. The molecule has 6 nitrogen and oxygen atoms in total. The summed E-state index contributed by atoms with van der Waals surface area (Å²) in [5, 5.41) is 21.7. The summed E-state index contributed by atoms with van der Waals surface area (Å²) in [5.74, 6) is 0.349. The number of aromatic nitrogens is 1. The van der Waals surface area contributed by atoms with Crippen molar-refractivity contribution in [2.45, 2.75) is 19.1 Å². The van der Waals surface area contributed by atoms with Gasteiger partial charge in [-0.15, -0.1) is 0 Å². The number of nitriles is 1. The van der Waals surface area contributed by atoms with Crippen LogP contribution in [0.3, 0.4) is 0 Å². The quantitative estimate of drug-likeness (QED) is 0.783. The maximum Gasteiger partial charge on any atom is 0.253 e. The SMILES string of the molecule is COc1ccc(C(O)C(C)NC(=O)c2c[nH]c(C#N)c2)cc1.